The second kappa shape index (κ2) is 11.2. The molecule has 0 aromatic carbocycles. The van der Waals surface area contributed by atoms with Gasteiger partial charge in [-0.2, -0.15) is 0 Å². The van der Waals surface area contributed by atoms with Crippen LogP contribution >= 0.6 is 24.0 Å². The zero-order chi connectivity index (χ0) is 18.4. The van der Waals surface area contributed by atoms with Gasteiger partial charge in [0.25, 0.3) is 0 Å². The molecule has 158 valence electrons. The lowest BCUT2D eigenvalue weighted by atomic mass is 9.76. The highest BCUT2D eigenvalue weighted by molar-refractivity contribution is 14.0. The summed E-state index contributed by atoms with van der Waals surface area (Å²) in [6.45, 7) is 13.6. The molecule has 0 bridgehead atoms. The summed E-state index contributed by atoms with van der Waals surface area (Å²) in [5.41, 5.74) is 0.368. The van der Waals surface area contributed by atoms with Gasteiger partial charge in [0.1, 0.15) is 0 Å². The van der Waals surface area contributed by atoms with Crippen LogP contribution in [0.4, 0.5) is 0 Å². The van der Waals surface area contributed by atoms with Crippen molar-refractivity contribution in [2.75, 3.05) is 59.5 Å². The van der Waals surface area contributed by atoms with Crippen molar-refractivity contribution in [2.24, 2.45) is 22.2 Å². The van der Waals surface area contributed by atoms with Gasteiger partial charge in [-0.25, -0.2) is 0 Å². The first-order valence-corrected chi connectivity index (χ1v) is 10.9. The smallest absolute Gasteiger partial charge is 0.193 e. The van der Waals surface area contributed by atoms with Crippen molar-refractivity contribution in [1.29, 1.82) is 0 Å². The molecule has 27 heavy (non-hydrogen) atoms. The molecular weight excluding hydrogens is 451 g/mol. The van der Waals surface area contributed by atoms with Crippen molar-refractivity contribution >= 4 is 29.9 Å². The van der Waals surface area contributed by atoms with Crippen molar-refractivity contribution in [2.45, 2.75) is 52.4 Å². The number of halogens is 1. The first kappa shape index (κ1) is 23.2. The van der Waals surface area contributed by atoms with E-state index in [1.807, 2.05) is 7.05 Å². The standard InChI is InChI=1S/C21H40N4O.HI/c1-18(2)14-24-10-4-7-19(15-24)13-23-20(22-3)25-11-5-8-21(16-25)9-6-12-26-17-21;/h18-19H,4-17H2,1-3H3,(H,22,23);1H. The van der Waals surface area contributed by atoms with Crippen LogP contribution in [0.2, 0.25) is 0 Å². The van der Waals surface area contributed by atoms with E-state index in [0.717, 1.165) is 50.6 Å². The molecule has 0 aromatic rings. The van der Waals surface area contributed by atoms with Gasteiger partial charge in [0.15, 0.2) is 5.96 Å². The number of rotatable bonds is 4. The summed E-state index contributed by atoms with van der Waals surface area (Å²) < 4.78 is 5.83. The van der Waals surface area contributed by atoms with Crippen molar-refractivity contribution in [1.82, 2.24) is 15.1 Å². The molecule has 2 atom stereocenters. The molecule has 0 aliphatic carbocycles. The Kier molecular flexibility index (Phi) is 9.62. The molecule has 3 rings (SSSR count). The second-order valence-electron chi connectivity index (χ2n) is 9.27. The number of guanidine groups is 1. The van der Waals surface area contributed by atoms with E-state index in [9.17, 15) is 0 Å². The highest BCUT2D eigenvalue weighted by Gasteiger charge is 2.38. The van der Waals surface area contributed by atoms with Crippen molar-refractivity contribution in [3.05, 3.63) is 0 Å². The molecule has 6 heteroatoms. The number of nitrogens with one attached hydrogen (secondary N) is 1. The van der Waals surface area contributed by atoms with Crippen LogP contribution < -0.4 is 5.32 Å². The summed E-state index contributed by atoms with van der Waals surface area (Å²) in [5, 5.41) is 3.71. The quantitative estimate of drug-likeness (QED) is 0.371. The van der Waals surface area contributed by atoms with Crippen molar-refractivity contribution in [3.63, 3.8) is 0 Å². The van der Waals surface area contributed by atoms with Gasteiger partial charge in [0.05, 0.1) is 6.61 Å². The maximum absolute atomic E-state index is 5.83. The summed E-state index contributed by atoms with van der Waals surface area (Å²) in [7, 11) is 1.94. The maximum Gasteiger partial charge on any atom is 0.193 e. The predicted octanol–water partition coefficient (Wildman–Crippen LogP) is 3.44. The monoisotopic (exact) mass is 492 g/mol. The number of piperidine rings is 2. The number of hydrogen-bond acceptors (Lipinski definition) is 3. The Labute approximate surface area is 183 Å². The van der Waals surface area contributed by atoms with E-state index in [4.69, 9.17) is 4.74 Å². The lowest BCUT2D eigenvalue weighted by molar-refractivity contribution is -0.0370. The lowest BCUT2D eigenvalue weighted by Gasteiger charge is -2.46. The molecule has 3 heterocycles. The molecule has 0 aromatic heterocycles. The van der Waals surface area contributed by atoms with E-state index in [0.29, 0.717) is 5.41 Å². The summed E-state index contributed by atoms with van der Waals surface area (Å²) >= 11 is 0. The number of likely N-dealkylation sites (tertiary alicyclic amines) is 2. The van der Waals surface area contributed by atoms with Crippen LogP contribution in [-0.2, 0) is 4.74 Å². The Hall–Kier alpha value is -0.0800. The maximum atomic E-state index is 5.83. The van der Waals surface area contributed by atoms with Crippen LogP contribution in [0.15, 0.2) is 4.99 Å². The Morgan fingerprint density at radius 3 is 2.74 bits per heavy atom. The SMILES string of the molecule is CN=C(NCC1CCCN(CC(C)C)C1)N1CCCC2(CCCOC2)C1.I. The summed E-state index contributed by atoms with van der Waals surface area (Å²) in [6.07, 6.45) is 7.78. The first-order chi connectivity index (χ1) is 12.6. The van der Waals surface area contributed by atoms with Crippen molar-refractivity contribution < 1.29 is 4.74 Å². The highest BCUT2D eigenvalue weighted by Crippen LogP contribution is 2.37. The van der Waals surface area contributed by atoms with Gasteiger partial charge in [-0.3, -0.25) is 4.99 Å². The molecule has 3 aliphatic rings. The molecule has 0 saturated carbocycles. The summed E-state index contributed by atoms with van der Waals surface area (Å²) in [5.74, 6) is 2.61. The number of nitrogens with zero attached hydrogens (tertiary/aromatic N) is 3. The molecule has 0 amide bonds. The van der Waals surface area contributed by atoms with Gasteiger partial charge in [0, 0.05) is 51.8 Å². The topological polar surface area (TPSA) is 40.1 Å². The number of aliphatic imine (C=N–C) groups is 1. The van der Waals surface area contributed by atoms with Crippen LogP contribution in [0.3, 0.4) is 0 Å². The Balaban J connectivity index is 0.00000261. The molecule has 3 saturated heterocycles. The fourth-order valence-corrected chi connectivity index (χ4v) is 5.19. The van der Waals surface area contributed by atoms with E-state index in [2.05, 4.69) is 34.0 Å². The third-order valence-corrected chi connectivity index (χ3v) is 6.35. The van der Waals surface area contributed by atoms with Crippen LogP contribution in [-0.4, -0.2) is 75.3 Å². The molecule has 0 radical (unpaired) electrons. The van der Waals surface area contributed by atoms with Gasteiger partial charge in [-0.1, -0.05) is 13.8 Å². The zero-order valence-corrected chi connectivity index (χ0v) is 20.0. The average molecular weight is 492 g/mol. The van der Waals surface area contributed by atoms with E-state index in [-0.39, 0.29) is 24.0 Å². The summed E-state index contributed by atoms with van der Waals surface area (Å²) in [6, 6.07) is 0. The first-order valence-electron chi connectivity index (χ1n) is 10.9. The minimum atomic E-state index is 0. The molecular formula is C21H41IN4O. The van der Waals surface area contributed by atoms with E-state index in [1.54, 1.807) is 0 Å². The normalized spacial score (nSPS) is 30.4. The highest BCUT2D eigenvalue weighted by atomic mass is 127. The van der Waals surface area contributed by atoms with Crippen LogP contribution in [0.25, 0.3) is 0 Å². The van der Waals surface area contributed by atoms with Crippen molar-refractivity contribution in [3.8, 4) is 0 Å². The third-order valence-electron chi connectivity index (χ3n) is 6.35. The minimum absolute atomic E-state index is 0. The van der Waals surface area contributed by atoms with Gasteiger partial charge >= 0.3 is 0 Å². The Morgan fingerprint density at radius 2 is 2.04 bits per heavy atom. The molecule has 2 unspecified atom stereocenters. The lowest BCUT2D eigenvalue weighted by Crippen LogP contribution is -2.54. The van der Waals surface area contributed by atoms with Gasteiger partial charge in [-0.05, 0) is 56.9 Å². The third kappa shape index (κ3) is 6.74. The fraction of sp³-hybridized carbons (Fsp3) is 0.952. The molecule has 3 fully saturated rings. The number of ether oxygens (including phenoxy) is 1. The molecule has 3 aliphatic heterocycles. The van der Waals surface area contributed by atoms with Gasteiger partial charge in [-0.15, -0.1) is 24.0 Å². The molecule has 1 spiro atoms. The molecule has 5 nitrogen and oxygen atoms in total. The summed E-state index contributed by atoms with van der Waals surface area (Å²) in [4.78, 5) is 9.76. The van der Waals surface area contributed by atoms with E-state index < -0.39 is 0 Å². The second-order valence-corrected chi connectivity index (χ2v) is 9.27. The van der Waals surface area contributed by atoms with Crippen LogP contribution in [0.1, 0.15) is 52.4 Å². The minimum Gasteiger partial charge on any atom is -0.381 e. The van der Waals surface area contributed by atoms with Crippen LogP contribution in [0, 0.1) is 17.3 Å². The van der Waals surface area contributed by atoms with Gasteiger partial charge < -0.3 is 19.9 Å². The fourth-order valence-electron chi connectivity index (χ4n) is 5.19. The number of hydrogen-bond donors (Lipinski definition) is 1. The van der Waals surface area contributed by atoms with Gasteiger partial charge in [0.2, 0.25) is 0 Å². The zero-order valence-electron chi connectivity index (χ0n) is 17.7. The predicted molar refractivity (Wildman–Crippen MR) is 124 cm³/mol. The largest absolute Gasteiger partial charge is 0.381 e. The van der Waals surface area contributed by atoms with E-state index >= 15 is 0 Å². The average Bonchev–Trinajstić information content (AvgIpc) is 2.63. The molecule has 1 N–H and O–H groups in total. The Morgan fingerprint density at radius 1 is 1.22 bits per heavy atom. The van der Waals surface area contributed by atoms with Crippen LogP contribution in [0.5, 0.6) is 0 Å². The Bertz CT molecular complexity index is 460. The van der Waals surface area contributed by atoms with E-state index in [1.165, 1.54) is 58.2 Å².